The zero-order valence-electron chi connectivity index (χ0n) is 11.8. The van der Waals surface area contributed by atoms with Gasteiger partial charge in [0, 0.05) is 12.0 Å². The highest BCUT2D eigenvalue weighted by molar-refractivity contribution is 5.22. The van der Waals surface area contributed by atoms with Crippen molar-refractivity contribution in [3.8, 4) is 0 Å². The van der Waals surface area contributed by atoms with E-state index in [-0.39, 0.29) is 11.6 Å². The number of likely N-dealkylation sites (N-methyl/N-ethyl adjacent to an activating group) is 1. The Hall–Kier alpha value is -0.860. The van der Waals surface area contributed by atoms with E-state index in [1.807, 2.05) is 0 Å². The van der Waals surface area contributed by atoms with Crippen molar-refractivity contribution >= 4 is 0 Å². The van der Waals surface area contributed by atoms with Gasteiger partial charge in [0.2, 0.25) is 0 Å². The molecule has 0 radical (unpaired) electrons. The molecule has 1 aromatic carbocycles. The monoisotopic (exact) mass is 247 g/mol. The first-order valence-corrected chi connectivity index (χ1v) is 6.96. The van der Waals surface area contributed by atoms with Crippen LogP contribution in [0.3, 0.4) is 0 Å². The second kappa shape index (κ2) is 5.41. The molecule has 1 aromatic rings. The van der Waals surface area contributed by atoms with Gasteiger partial charge < -0.3 is 10.0 Å². The Kier molecular flexibility index (Phi) is 4.08. The average Bonchev–Trinajstić information content (AvgIpc) is 2.82. The lowest BCUT2D eigenvalue weighted by Crippen LogP contribution is -2.52. The molecule has 1 atom stereocenters. The molecule has 1 aliphatic carbocycles. The predicted octanol–water partition coefficient (Wildman–Crippen LogP) is 2.77. The van der Waals surface area contributed by atoms with Crippen LogP contribution < -0.4 is 0 Å². The molecule has 0 bridgehead atoms. The summed E-state index contributed by atoms with van der Waals surface area (Å²) < 4.78 is 0. The largest absolute Gasteiger partial charge is 0.391 e. The van der Waals surface area contributed by atoms with Crippen LogP contribution in [0.4, 0.5) is 0 Å². The second-order valence-corrected chi connectivity index (χ2v) is 5.91. The first-order valence-electron chi connectivity index (χ1n) is 6.96. The quantitative estimate of drug-likeness (QED) is 0.884. The van der Waals surface area contributed by atoms with E-state index in [9.17, 15) is 5.11 Å². The van der Waals surface area contributed by atoms with Crippen molar-refractivity contribution in [2.75, 3.05) is 14.1 Å². The van der Waals surface area contributed by atoms with Gasteiger partial charge in [-0.2, -0.15) is 0 Å². The highest BCUT2D eigenvalue weighted by Crippen LogP contribution is 2.37. The Morgan fingerprint density at radius 3 is 2.22 bits per heavy atom. The molecule has 2 heteroatoms. The highest BCUT2D eigenvalue weighted by atomic mass is 16.3. The molecule has 100 valence electrons. The Bertz CT molecular complexity index is 377. The molecule has 1 fully saturated rings. The Morgan fingerprint density at radius 1 is 1.17 bits per heavy atom. The van der Waals surface area contributed by atoms with Crippen LogP contribution in [0.15, 0.2) is 24.3 Å². The molecule has 0 amide bonds. The topological polar surface area (TPSA) is 23.5 Å². The highest BCUT2D eigenvalue weighted by Gasteiger charge is 2.42. The number of aliphatic hydroxyl groups excluding tert-OH is 1. The van der Waals surface area contributed by atoms with Crippen molar-refractivity contribution in [1.29, 1.82) is 0 Å². The standard InChI is InChI=1S/C16H25NO/c1-13-6-8-14(9-7-13)12-15(18)16(17(2)3)10-4-5-11-16/h6-9,15,18H,4-5,10-12H2,1-3H3. The maximum Gasteiger partial charge on any atom is 0.0763 e. The fourth-order valence-electron chi connectivity index (χ4n) is 3.20. The maximum absolute atomic E-state index is 10.7. The van der Waals surface area contributed by atoms with Gasteiger partial charge in [0.15, 0.2) is 0 Å². The summed E-state index contributed by atoms with van der Waals surface area (Å²) in [5, 5.41) is 10.7. The molecule has 0 aromatic heterocycles. The van der Waals surface area contributed by atoms with Gasteiger partial charge in [0.05, 0.1) is 6.10 Å². The summed E-state index contributed by atoms with van der Waals surface area (Å²) in [5.74, 6) is 0. The van der Waals surface area contributed by atoms with Crippen LogP contribution in [-0.4, -0.2) is 35.7 Å². The van der Waals surface area contributed by atoms with Crippen molar-refractivity contribution in [2.45, 2.75) is 50.7 Å². The van der Waals surface area contributed by atoms with E-state index in [1.54, 1.807) is 0 Å². The minimum Gasteiger partial charge on any atom is -0.391 e. The second-order valence-electron chi connectivity index (χ2n) is 5.91. The third-order valence-electron chi connectivity index (χ3n) is 4.53. The van der Waals surface area contributed by atoms with Crippen molar-refractivity contribution in [1.82, 2.24) is 4.90 Å². The van der Waals surface area contributed by atoms with Gasteiger partial charge in [-0.15, -0.1) is 0 Å². The number of rotatable bonds is 4. The number of hydrogen-bond acceptors (Lipinski definition) is 2. The van der Waals surface area contributed by atoms with E-state index in [4.69, 9.17) is 0 Å². The minimum absolute atomic E-state index is 0.00904. The number of aliphatic hydroxyl groups is 1. The van der Waals surface area contributed by atoms with Crippen molar-refractivity contribution in [3.63, 3.8) is 0 Å². The minimum atomic E-state index is -0.266. The lowest BCUT2D eigenvalue weighted by molar-refractivity contribution is -0.00250. The van der Waals surface area contributed by atoms with Crippen molar-refractivity contribution in [2.24, 2.45) is 0 Å². The van der Waals surface area contributed by atoms with Crippen molar-refractivity contribution in [3.05, 3.63) is 35.4 Å². The molecular formula is C16H25NO. The number of benzene rings is 1. The zero-order valence-corrected chi connectivity index (χ0v) is 11.8. The molecular weight excluding hydrogens is 222 g/mol. The number of aryl methyl sites for hydroxylation is 1. The molecule has 0 heterocycles. The van der Waals surface area contributed by atoms with Crippen LogP contribution in [0.5, 0.6) is 0 Å². The van der Waals surface area contributed by atoms with E-state index in [0.29, 0.717) is 0 Å². The molecule has 2 rings (SSSR count). The summed E-state index contributed by atoms with van der Waals surface area (Å²) in [7, 11) is 4.20. The Labute approximate surface area is 111 Å². The van der Waals surface area contributed by atoms with Crippen LogP contribution in [0, 0.1) is 6.92 Å². The molecule has 1 unspecified atom stereocenters. The van der Waals surface area contributed by atoms with Crippen LogP contribution in [-0.2, 0) is 6.42 Å². The third-order valence-corrected chi connectivity index (χ3v) is 4.53. The van der Waals surface area contributed by atoms with Gasteiger partial charge in [-0.25, -0.2) is 0 Å². The molecule has 18 heavy (non-hydrogen) atoms. The maximum atomic E-state index is 10.7. The first-order chi connectivity index (χ1) is 8.54. The molecule has 0 aliphatic heterocycles. The summed E-state index contributed by atoms with van der Waals surface area (Å²) in [6, 6.07) is 8.52. The van der Waals surface area contributed by atoms with Gasteiger partial charge in [-0.1, -0.05) is 42.7 Å². The van der Waals surface area contributed by atoms with Gasteiger partial charge in [-0.3, -0.25) is 0 Å². The number of nitrogens with zero attached hydrogens (tertiary/aromatic N) is 1. The molecule has 0 spiro atoms. The predicted molar refractivity (Wildman–Crippen MR) is 75.8 cm³/mol. The lowest BCUT2D eigenvalue weighted by Gasteiger charge is -2.40. The fraction of sp³-hybridized carbons (Fsp3) is 0.625. The van der Waals surface area contributed by atoms with Gasteiger partial charge in [-0.05, 0) is 39.4 Å². The summed E-state index contributed by atoms with van der Waals surface area (Å²) >= 11 is 0. The van der Waals surface area contributed by atoms with Crippen molar-refractivity contribution < 1.29 is 5.11 Å². The fourth-order valence-corrected chi connectivity index (χ4v) is 3.20. The van der Waals surface area contributed by atoms with Crippen LogP contribution in [0.25, 0.3) is 0 Å². The molecule has 1 aliphatic rings. The van der Waals surface area contributed by atoms with Crippen LogP contribution in [0.2, 0.25) is 0 Å². The van der Waals surface area contributed by atoms with Crippen LogP contribution in [0.1, 0.15) is 36.8 Å². The van der Waals surface area contributed by atoms with Crippen LogP contribution >= 0.6 is 0 Å². The molecule has 2 nitrogen and oxygen atoms in total. The summed E-state index contributed by atoms with van der Waals surface area (Å²) in [6.45, 7) is 2.10. The smallest absolute Gasteiger partial charge is 0.0763 e. The Morgan fingerprint density at radius 2 is 1.72 bits per heavy atom. The van der Waals surface area contributed by atoms with Gasteiger partial charge in [0.1, 0.15) is 0 Å². The average molecular weight is 247 g/mol. The normalized spacial score (nSPS) is 20.3. The van der Waals surface area contributed by atoms with Gasteiger partial charge >= 0.3 is 0 Å². The lowest BCUT2D eigenvalue weighted by atomic mass is 9.85. The summed E-state index contributed by atoms with van der Waals surface area (Å²) in [5.41, 5.74) is 2.50. The van der Waals surface area contributed by atoms with Gasteiger partial charge in [0.25, 0.3) is 0 Å². The van der Waals surface area contributed by atoms with E-state index in [1.165, 1.54) is 24.0 Å². The van der Waals surface area contributed by atoms with E-state index < -0.39 is 0 Å². The van der Waals surface area contributed by atoms with E-state index in [2.05, 4.69) is 50.2 Å². The van der Waals surface area contributed by atoms with E-state index in [0.717, 1.165) is 19.3 Å². The SMILES string of the molecule is Cc1ccc(CC(O)C2(N(C)C)CCCC2)cc1. The molecule has 1 N–H and O–H groups in total. The molecule has 1 saturated carbocycles. The number of hydrogen-bond donors (Lipinski definition) is 1. The summed E-state index contributed by atoms with van der Waals surface area (Å²) in [4.78, 5) is 2.23. The zero-order chi connectivity index (χ0) is 13.2. The molecule has 0 saturated heterocycles. The first kappa shape index (κ1) is 13.6. The third kappa shape index (κ3) is 2.60. The Balaban J connectivity index is 2.10. The summed E-state index contributed by atoms with van der Waals surface area (Å²) in [6.07, 6.45) is 5.21. The van der Waals surface area contributed by atoms with E-state index >= 15 is 0 Å².